The van der Waals surface area contributed by atoms with Crippen LogP contribution in [0.25, 0.3) is 0 Å². The molecule has 1 heterocycles. The van der Waals surface area contributed by atoms with Crippen molar-refractivity contribution in [3.05, 3.63) is 40.1 Å². The fourth-order valence-corrected chi connectivity index (χ4v) is 2.63. The third-order valence-electron chi connectivity index (χ3n) is 2.64. The van der Waals surface area contributed by atoms with Gasteiger partial charge in [-0.25, -0.2) is 9.37 Å². The summed E-state index contributed by atoms with van der Waals surface area (Å²) < 4.78 is 18.5. The van der Waals surface area contributed by atoms with Crippen LogP contribution in [0.2, 0.25) is 5.02 Å². The predicted octanol–water partition coefficient (Wildman–Crippen LogP) is 4.17. The maximum atomic E-state index is 13.7. The van der Waals surface area contributed by atoms with Crippen LogP contribution in [0, 0.1) is 5.82 Å². The van der Waals surface area contributed by atoms with E-state index >= 15 is 0 Å². The minimum atomic E-state index is -0.439. The van der Waals surface area contributed by atoms with E-state index in [4.69, 9.17) is 16.3 Å². The van der Waals surface area contributed by atoms with E-state index in [2.05, 4.69) is 10.3 Å². The number of aromatic nitrogens is 1. The summed E-state index contributed by atoms with van der Waals surface area (Å²) in [5.41, 5.74) is 0.952. The molecule has 0 fully saturated rings. The van der Waals surface area contributed by atoms with Crippen molar-refractivity contribution in [1.82, 2.24) is 4.98 Å². The van der Waals surface area contributed by atoms with Crippen LogP contribution in [0.5, 0.6) is 0 Å². The minimum absolute atomic E-state index is 0.199. The number of nitrogens with zero attached hydrogens (tertiary/aromatic N) is 1. The van der Waals surface area contributed by atoms with Crippen molar-refractivity contribution in [2.24, 2.45) is 0 Å². The van der Waals surface area contributed by atoms with Crippen molar-refractivity contribution in [2.45, 2.75) is 19.8 Å². The number of para-hydroxylation sites is 1. The van der Waals surface area contributed by atoms with Crippen molar-refractivity contribution >= 4 is 39.7 Å². The lowest BCUT2D eigenvalue weighted by atomic mass is 10.2. The van der Waals surface area contributed by atoms with E-state index in [1.54, 1.807) is 13.0 Å². The Labute approximate surface area is 130 Å². The van der Waals surface area contributed by atoms with Gasteiger partial charge in [-0.05, 0) is 19.1 Å². The number of hydrogen-bond donors (Lipinski definition) is 1. The fourth-order valence-electron chi connectivity index (χ4n) is 1.67. The second-order valence-corrected chi connectivity index (χ2v) is 5.44. The molecule has 21 heavy (non-hydrogen) atoms. The molecule has 0 unspecified atom stereocenters. The normalized spacial score (nSPS) is 10.4. The Morgan fingerprint density at radius 3 is 3.05 bits per heavy atom. The van der Waals surface area contributed by atoms with Crippen molar-refractivity contribution < 1.29 is 13.9 Å². The zero-order valence-electron chi connectivity index (χ0n) is 11.4. The Kier molecular flexibility index (Phi) is 5.52. The van der Waals surface area contributed by atoms with E-state index in [0.717, 1.165) is 5.69 Å². The van der Waals surface area contributed by atoms with Crippen LogP contribution in [-0.4, -0.2) is 17.6 Å². The Hall–Kier alpha value is -1.66. The van der Waals surface area contributed by atoms with Gasteiger partial charge in [0.15, 0.2) is 5.13 Å². The van der Waals surface area contributed by atoms with E-state index in [1.807, 2.05) is 5.38 Å². The molecule has 0 saturated carbocycles. The number of hydrogen-bond acceptors (Lipinski definition) is 5. The van der Waals surface area contributed by atoms with E-state index in [9.17, 15) is 9.18 Å². The molecular weight excluding hydrogens is 315 g/mol. The number of carbonyl (C=O) groups excluding carboxylic acids is 1. The molecule has 0 amide bonds. The molecule has 0 aliphatic heterocycles. The van der Waals surface area contributed by atoms with Gasteiger partial charge < -0.3 is 10.1 Å². The zero-order valence-corrected chi connectivity index (χ0v) is 12.9. The number of aryl methyl sites for hydroxylation is 1. The van der Waals surface area contributed by atoms with Gasteiger partial charge >= 0.3 is 5.97 Å². The first-order chi connectivity index (χ1) is 10.1. The van der Waals surface area contributed by atoms with Crippen LogP contribution in [0.3, 0.4) is 0 Å². The minimum Gasteiger partial charge on any atom is -0.466 e. The lowest BCUT2D eigenvalue weighted by molar-refractivity contribution is -0.143. The number of benzene rings is 1. The number of carbonyl (C=O) groups is 1. The summed E-state index contributed by atoms with van der Waals surface area (Å²) in [4.78, 5) is 15.6. The summed E-state index contributed by atoms with van der Waals surface area (Å²) >= 11 is 7.26. The third kappa shape index (κ3) is 4.41. The largest absolute Gasteiger partial charge is 0.466 e. The van der Waals surface area contributed by atoms with Gasteiger partial charge in [-0.2, -0.15) is 0 Å². The number of esters is 1. The summed E-state index contributed by atoms with van der Waals surface area (Å²) in [5.74, 6) is -0.692. The lowest BCUT2D eigenvalue weighted by Crippen LogP contribution is -2.05. The molecule has 0 aliphatic rings. The van der Waals surface area contributed by atoms with Gasteiger partial charge in [-0.3, -0.25) is 4.79 Å². The number of thiazole rings is 1. The zero-order chi connectivity index (χ0) is 15.2. The van der Waals surface area contributed by atoms with Crippen molar-refractivity contribution in [3.63, 3.8) is 0 Å². The number of halogens is 2. The number of nitrogens with one attached hydrogen (secondary N) is 1. The van der Waals surface area contributed by atoms with Gasteiger partial charge in [-0.1, -0.05) is 17.7 Å². The van der Waals surface area contributed by atoms with Gasteiger partial charge in [0.1, 0.15) is 5.82 Å². The molecule has 112 valence electrons. The van der Waals surface area contributed by atoms with Gasteiger partial charge in [-0.15, -0.1) is 11.3 Å². The van der Waals surface area contributed by atoms with E-state index in [0.29, 0.717) is 23.2 Å². The molecular formula is C14H14ClFN2O2S. The Morgan fingerprint density at radius 2 is 2.33 bits per heavy atom. The van der Waals surface area contributed by atoms with Crippen molar-refractivity contribution in [2.75, 3.05) is 11.9 Å². The molecule has 2 aromatic rings. The quantitative estimate of drug-likeness (QED) is 0.808. The molecule has 0 aliphatic carbocycles. The smallest absolute Gasteiger partial charge is 0.306 e. The summed E-state index contributed by atoms with van der Waals surface area (Å²) in [6.07, 6.45) is 0.763. The average Bonchev–Trinajstić information content (AvgIpc) is 2.89. The van der Waals surface area contributed by atoms with Gasteiger partial charge in [0.2, 0.25) is 0 Å². The molecule has 7 heteroatoms. The van der Waals surface area contributed by atoms with Crippen molar-refractivity contribution in [1.29, 1.82) is 0 Å². The summed E-state index contributed by atoms with van der Waals surface area (Å²) in [5, 5.41) is 5.49. The number of rotatable bonds is 6. The van der Waals surface area contributed by atoms with Crippen LogP contribution in [-0.2, 0) is 16.0 Å². The monoisotopic (exact) mass is 328 g/mol. The molecule has 4 nitrogen and oxygen atoms in total. The van der Waals surface area contributed by atoms with E-state index < -0.39 is 5.82 Å². The Bertz CT molecular complexity index is 613. The molecule has 0 spiro atoms. The average molecular weight is 329 g/mol. The van der Waals surface area contributed by atoms with Crippen LogP contribution in [0.1, 0.15) is 19.0 Å². The second-order valence-electron chi connectivity index (χ2n) is 4.17. The van der Waals surface area contributed by atoms with Crippen LogP contribution >= 0.6 is 22.9 Å². The first-order valence-corrected chi connectivity index (χ1v) is 7.67. The maximum absolute atomic E-state index is 13.7. The SMILES string of the molecule is CCOC(=O)CCc1csc(Nc2c(F)cccc2Cl)n1. The molecule has 0 bridgehead atoms. The highest BCUT2D eigenvalue weighted by Crippen LogP contribution is 2.29. The first-order valence-electron chi connectivity index (χ1n) is 6.41. The fraction of sp³-hybridized carbons (Fsp3) is 0.286. The molecule has 2 rings (SSSR count). The number of ether oxygens (including phenoxy) is 1. The van der Waals surface area contributed by atoms with Crippen molar-refractivity contribution in [3.8, 4) is 0 Å². The van der Waals surface area contributed by atoms with Gasteiger partial charge in [0.05, 0.1) is 29.4 Å². The van der Waals surface area contributed by atoms with Gasteiger partial charge in [0.25, 0.3) is 0 Å². The van der Waals surface area contributed by atoms with E-state index in [1.165, 1.54) is 23.5 Å². The molecule has 0 radical (unpaired) electrons. The number of anilines is 2. The second kappa shape index (κ2) is 7.38. The first kappa shape index (κ1) is 15.7. The molecule has 1 aromatic heterocycles. The summed E-state index contributed by atoms with van der Waals surface area (Å²) in [7, 11) is 0. The van der Waals surface area contributed by atoms with Crippen LogP contribution in [0.4, 0.5) is 15.2 Å². The molecule has 1 N–H and O–H groups in total. The molecule has 0 atom stereocenters. The standard InChI is InChI=1S/C14H14ClFN2O2S/c1-2-20-12(19)7-6-9-8-21-14(17-9)18-13-10(15)4-3-5-11(13)16/h3-5,8H,2,6-7H2,1H3,(H,17,18). The highest BCUT2D eigenvalue weighted by atomic mass is 35.5. The lowest BCUT2D eigenvalue weighted by Gasteiger charge is -2.05. The molecule has 1 aromatic carbocycles. The highest BCUT2D eigenvalue weighted by Gasteiger charge is 2.10. The topological polar surface area (TPSA) is 51.2 Å². The molecule has 0 saturated heterocycles. The Balaban J connectivity index is 1.99. The third-order valence-corrected chi connectivity index (χ3v) is 3.76. The summed E-state index contributed by atoms with van der Waals surface area (Å²) in [6.45, 7) is 2.13. The Morgan fingerprint density at radius 1 is 1.52 bits per heavy atom. The highest BCUT2D eigenvalue weighted by molar-refractivity contribution is 7.13. The van der Waals surface area contributed by atoms with Crippen LogP contribution < -0.4 is 5.32 Å². The van der Waals surface area contributed by atoms with E-state index in [-0.39, 0.29) is 18.1 Å². The van der Waals surface area contributed by atoms with Crippen LogP contribution in [0.15, 0.2) is 23.6 Å². The summed E-state index contributed by atoms with van der Waals surface area (Å²) in [6, 6.07) is 4.46. The predicted molar refractivity (Wildman–Crippen MR) is 81.8 cm³/mol. The van der Waals surface area contributed by atoms with Gasteiger partial charge in [0, 0.05) is 11.8 Å². The maximum Gasteiger partial charge on any atom is 0.306 e.